The molecule has 0 atom stereocenters. The molecule has 0 bridgehead atoms. The smallest absolute Gasteiger partial charge is 0.0969 e. The van der Waals surface area contributed by atoms with Crippen molar-refractivity contribution in [3.63, 3.8) is 0 Å². The molecule has 5 rings (SSSR count). The van der Waals surface area contributed by atoms with E-state index in [0.717, 1.165) is 34.6 Å². The van der Waals surface area contributed by atoms with E-state index >= 15 is 0 Å². The third-order valence-electron chi connectivity index (χ3n) is 4.38. The van der Waals surface area contributed by atoms with Crippen LogP contribution in [0.1, 0.15) is 29.3 Å². The fourth-order valence-electron chi connectivity index (χ4n) is 2.93. The summed E-state index contributed by atoms with van der Waals surface area (Å²) in [5, 5.41) is 13.2. The number of benzene rings is 2. The molecule has 2 N–H and O–H groups in total. The summed E-state index contributed by atoms with van der Waals surface area (Å²) in [6.07, 6.45) is 4.47. The van der Waals surface area contributed by atoms with E-state index in [-0.39, 0.29) is 0 Å². The van der Waals surface area contributed by atoms with E-state index in [2.05, 4.69) is 51.9 Å². The molecule has 4 aromatic rings. The normalized spacial score (nSPS) is 14.6. The van der Waals surface area contributed by atoms with Crippen LogP contribution < -0.4 is 5.32 Å². The molecule has 1 aliphatic carbocycles. The number of nitrogens with one attached hydrogen (secondary N) is 2. The Hall–Kier alpha value is -2.40. The first-order valence-corrected chi connectivity index (χ1v) is 8.74. The van der Waals surface area contributed by atoms with Crippen LogP contribution in [-0.4, -0.2) is 15.2 Å². The lowest BCUT2D eigenvalue weighted by Crippen LogP contribution is -1.99. The number of para-hydroxylation sites is 1. The van der Waals surface area contributed by atoms with Gasteiger partial charge < -0.3 is 5.32 Å². The number of aromatic nitrogens is 3. The molecule has 4 nitrogen and oxygen atoms in total. The number of aromatic amines is 1. The molecule has 0 spiro atoms. The molecule has 0 radical (unpaired) electrons. The topological polar surface area (TPSA) is 53.6 Å². The molecular formula is C18H16N4S. The molecule has 2 aromatic carbocycles. The maximum Gasteiger partial charge on any atom is 0.0969 e. The van der Waals surface area contributed by atoms with Crippen molar-refractivity contribution < 1.29 is 0 Å². The van der Waals surface area contributed by atoms with Crippen molar-refractivity contribution in [3.05, 3.63) is 53.2 Å². The predicted molar refractivity (Wildman–Crippen MR) is 95.0 cm³/mol. The van der Waals surface area contributed by atoms with E-state index in [1.54, 1.807) is 0 Å². The van der Waals surface area contributed by atoms with Crippen molar-refractivity contribution in [2.75, 3.05) is 5.32 Å². The fraction of sp³-hybridized carbons (Fsp3) is 0.222. The summed E-state index contributed by atoms with van der Waals surface area (Å²) in [4.78, 5) is 4.75. The average Bonchev–Trinajstić information content (AvgIpc) is 3.16. The fourth-order valence-corrected chi connectivity index (χ4v) is 4.11. The molecule has 0 amide bonds. The molecule has 0 saturated heterocycles. The highest BCUT2D eigenvalue weighted by molar-refractivity contribution is 7.18. The van der Waals surface area contributed by atoms with E-state index in [1.807, 2.05) is 17.5 Å². The first kappa shape index (κ1) is 13.1. The molecule has 0 aliphatic heterocycles. The van der Waals surface area contributed by atoms with Crippen molar-refractivity contribution in [1.29, 1.82) is 0 Å². The summed E-state index contributed by atoms with van der Waals surface area (Å²) in [5.74, 6) is 0.724. The number of hydrogen-bond acceptors (Lipinski definition) is 4. The summed E-state index contributed by atoms with van der Waals surface area (Å²) >= 11 is 1.84. The zero-order valence-corrected chi connectivity index (χ0v) is 13.4. The Balaban J connectivity index is 1.41. The van der Waals surface area contributed by atoms with Gasteiger partial charge in [-0.05, 0) is 36.6 Å². The van der Waals surface area contributed by atoms with E-state index < -0.39 is 0 Å². The zero-order valence-electron chi connectivity index (χ0n) is 12.5. The quantitative estimate of drug-likeness (QED) is 0.575. The van der Waals surface area contributed by atoms with Gasteiger partial charge in [0.05, 0.1) is 26.9 Å². The van der Waals surface area contributed by atoms with Crippen LogP contribution in [0.15, 0.2) is 42.6 Å². The van der Waals surface area contributed by atoms with Crippen LogP contribution in [0.4, 0.5) is 5.69 Å². The molecule has 2 heterocycles. The van der Waals surface area contributed by atoms with Gasteiger partial charge in [-0.25, -0.2) is 4.98 Å². The monoisotopic (exact) mass is 320 g/mol. The van der Waals surface area contributed by atoms with Gasteiger partial charge in [0.1, 0.15) is 0 Å². The van der Waals surface area contributed by atoms with Crippen LogP contribution in [0, 0.1) is 0 Å². The van der Waals surface area contributed by atoms with E-state index in [9.17, 15) is 0 Å². The number of nitrogens with zero attached hydrogens (tertiary/aromatic N) is 2. The minimum absolute atomic E-state index is 0.724. The van der Waals surface area contributed by atoms with Gasteiger partial charge in [-0.15, -0.1) is 11.3 Å². The third-order valence-corrected chi connectivity index (χ3v) is 5.56. The zero-order chi connectivity index (χ0) is 15.2. The summed E-state index contributed by atoms with van der Waals surface area (Å²) < 4.78 is 1.27. The van der Waals surface area contributed by atoms with Crippen LogP contribution in [0.5, 0.6) is 0 Å². The van der Waals surface area contributed by atoms with Gasteiger partial charge >= 0.3 is 0 Å². The number of anilines is 1. The summed E-state index contributed by atoms with van der Waals surface area (Å²) in [6.45, 7) is 0.777. The van der Waals surface area contributed by atoms with Gasteiger partial charge in [-0.1, -0.05) is 18.2 Å². The maximum absolute atomic E-state index is 4.75. The number of H-pyrrole nitrogens is 1. The molecule has 1 saturated carbocycles. The Kier molecular flexibility index (Phi) is 2.88. The first-order valence-electron chi connectivity index (χ1n) is 7.92. The van der Waals surface area contributed by atoms with Gasteiger partial charge in [0.25, 0.3) is 0 Å². The highest BCUT2D eigenvalue weighted by Gasteiger charge is 2.26. The molecular weight excluding hydrogens is 304 g/mol. The minimum atomic E-state index is 0.724. The number of fused-ring (bicyclic) bond motifs is 2. The van der Waals surface area contributed by atoms with E-state index in [1.165, 1.54) is 28.1 Å². The standard InChI is InChI=1S/C18H16N4S/c1-2-12(17-13(3-1)10-20-22-17)9-19-14-6-7-15-16(8-14)23-18(21-15)11-4-5-11/h1-3,6-8,10-11,19H,4-5,9H2,(H,20,22). The van der Waals surface area contributed by atoms with E-state index in [4.69, 9.17) is 4.98 Å². The Labute approximate surface area is 137 Å². The first-order chi connectivity index (χ1) is 11.4. The largest absolute Gasteiger partial charge is 0.381 e. The van der Waals surface area contributed by atoms with Gasteiger partial charge in [0.15, 0.2) is 0 Å². The maximum atomic E-state index is 4.75. The van der Waals surface area contributed by atoms with Crippen molar-refractivity contribution in [2.45, 2.75) is 25.3 Å². The molecule has 5 heteroatoms. The second kappa shape index (κ2) is 5.06. The lowest BCUT2D eigenvalue weighted by atomic mass is 10.1. The summed E-state index contributed by atoms with van der Waals surface area (Å²) in [6, 6.07) is 12.7. The van der Waals surface area contributed by atoms with Crippen LogP contribution in [0.25, 0.3) is 21.1 Å². The number of hydrogen-bond donors (Lipinski definition) is 2. The summed E-state index contributed by atoms with van der Waals surface area (Å²) in [5.41, 5.74) is 4.59. The van der Waals surface area contributed by atoms with Gasteiger partial charge in [-0.2, -0.15) is 5.10 Å². The van der Waals surface area contributed by atoms with Crippen LogP contribution in [0.2, 0.25) is 0 Å². The van der Waals surface area contributed by atoms with Crippen LogP contribution in [0.3, 0.4) is 0 Å². The van der Waals surface area contributed by atoms with Crippen LogP contribution >= 0.6 is 11.3 Å². The summed E-state index contributed by atoms with van der Waals surface area (Å²) in [7, 11) is 0. The minimum Gasteiger partial charge on any atom is -0.381 e. The SMILES string of the molecule is c1cc(CNc2ccc3nc(C4CC4)sc3c2)c2[nH]ncc2c1. The molecule has 1 aliphatic rings. The lowest BCUT2D eigenvalue weighted by molar-refractivity contribution is 1.09. The molecule has 23 heavy (non-hydrogen) atoms. The molecule has 2 aromatic heterocycles. The van der Waals surface area contributed by atoms with Crippen molar-refractivity contribution in [3.8, 4) is 0 Å². The predicted octanol–water partition coefficient (Wildman–Crippen LogP) is 4.66. The van der Waals surface area contributed by atoms with Gasteiger partial charge in [0.2, 0.25) is 0 Å². The Morgan fingerprint density at radius 2 is 2.17 bits per heavy atom. The Bertz CT molecular complexity index is 997. The average molecular weight is 320 g/mol. The highest BCUT2D eigenvalue weighted by atomic mass is 32.1. The Morgan fingerprint density at radius 3 is 3.09 bits per heavy atom. The number of thiazole rings is 1. The van der Waals surface area contributed by atoms with Crippen molar-refractivity contribution >= 4 is 38.1 Å². The van der Waals surface area contributed by atoms with Crippen LogP contribution in [-0.2, 0) is 6.54 Å². The number of rotatable bonds is 4. The molecule has 0 unspecified atom stereocenters. The van der Waals surface area contributed by atoms with Crippen molar-refractivity contribution in [2.24, 2.45) is 0 Å². The molecule has 1 fully saturated rings. The lowest BCUT2D eigenvalue weighted by Gasteiger charge is -2.07. The third kappa shape index (κ3) is 2.37. The van der Waals surface area contributed by atoms with Gasteiger partial charge in [0, 0.05) is 23.5 Å². The highest BCUT2D eigenvalue weighted by Crippen LogP contribution is 2.43. The van der Waals surface area contributed by atoms with E-state index in [0.29, 0.717) is 0 Å². The van der Waals surface area contributed by atoms with Gasteiger partial charge in [-0.3, -0.25) is 5.10 Å². The molecule has 114 valence electrons. The van der Waals surface area contributed by atoms with Crippen molar-refractivity contribution in [1.82, 2.24) is 15.2 Å². The second-order valence-electron chi connectivity index (χ2n) is 6.11. The second-order valence-corrected chi connectivity index (χ2v) is 7.18. The Morgan fingerprint density at radius 1 is 1.22 bits per heavy atom.